The van der Waals surface area contributed by atoms with Gasteiger partial charge in [-0.2, -0.15) is 11.3 Å². The molecule has 1 aliphatic rings. The van der Waals surface area contributed by atoms with E-state index in [1.807, 2.05) is 34.5 Å². The van der Waals surface area contributed by atoms with Crippen molar-refractivity contribution in [2.24, 2.45) is 5.92 Å². The van der Waals surface area contributed by atoms with Crippen molar-refractivity contribution in [2.75, 3.05) is 11.1 Å². The summed E-state index contributed by atoms with van der Waals surface area (Å²) in [4.78, 5) is 12.4. The van der Waals surface area contributed by atoms with Gasteiger partial charge < -0.3 is 11.1 Å². The Morgan fingerprint density at radius 3 is 2.86 bits per heavy atom. The van der Waals surface area contributed by atoms with Crippen LogP contribution in [0.2, 0.25) is 0 Å². The zero-order chi connectivity index (χ0) is 20.1. The molecule has 0 aliphatic heterocycles. The van der Waals surface area contributed by atoms with Crippen LogP contribution in [-0.2, 0) is 17.8 Å². The molecule has 0 bridgehead atoms. The lowest BCUT2D eigenvalue weighted by Gasteiger charge is -2.20. The van der Waals surface area contributed by atoms with E-state index in [1.165, 1.54) is 32.1 Å². The number of thiophene rings is 1. The van der Waals surface area contributed by atoms with Crippen molar-refractivity contribution in [2.45, 2.75) is 51.5 Å². The summed E-state index contributed by atoms with van der Waals surface area (Å²) in [6.45, 7) is 0.936. The van der Waals surface area contributed by atoms with Crippen LogP contribution in [0.1, 0.15) is 44.2 Å². The van der Waals surface area contributed by atoms with Crippen molar-refractivity contribution in [3.05, 3.63) is 46.9 Å². The van der Waals surface area contributed by atoms with Crippen LogP contribution in [0.25, 0.3) is 11.1 Å². The maximum Gasteiger partial charge on any atom is 0.224 e. The first kappa shape index (κ1) is 19.6. The summed E-state index contributed by atoms with van der Waals surface area (Å²) in [5.74, 6) is 0.640. The Morgan fingerprint density at radius 1 is 1.21 bits per heavy atom. The van der Waals surface area contributed by atoms with E-state index in [-0.39, 0.29) is 5.91 Å². The first-order chi connectivity index (χ1) is 14.2. The summed E-state index contributed by atoms with van der Waals surface area (Å²) in [6.07, 6.45) is 9.46. The van der Waals surface area contributed by atoms with Gasteiger partial charge in [-0.1, -0.05) is 30.5 Å². The summed E-state index contributed by atoms with van der Waals surface area (Å²) in [6, 6.07) is 7.78. The number of aromatic nitrogens is 3. The number of hydrogen-bond acceptors (Lipinski definition) is 5. The molecule has 3 aromatic rings. The van der Waals surface area contributed by atoms with Gasteiger partial charge in [0.05, 0.1) is 17.1 Å². The number of hydrogen-bond donors (Lipinski definition) is 2. The number of nitrogen functional groups attached to an aromatic ring is 1. The van der Waals surface area contributed by atoms with Crippen molar-refractivity contribution in [3.8, 4) is 11.1 Å². The van der Waals surface area contributed by atoms with Gasteiger partial charge in [-0.15, -0.1) is 5.10 Å². The highest BCUT2D eigenvalue weighted by atomic mass is 32.1. The lowest BCUT2D eigenvalue weighted by molar-refractivity contribution is -0.116. The Balaban J connectivity index is 1.31. The molecular weight excluding hydrogens is 382 g/mol. The van der Waals surface area contributed by atoms with Crippen LogP contribution in [0.4, 0.5) is 11.4 Å². The molecule has 29 heavy (non-hydrogen) atoms. The molecule has 1 aliphatic carbocycles. The van der Waals surface area contributed by atoms with Crippen LogP contribution in [0.15, 0.2) is 41.2 Å². The summed E-state index contributed by atoms with van der Waals surface area (Å²) in [5, 5.41) is 15.5. The van der Waals surface area contributed by atoms with Gasteiger partial charge in [0.25, 0.3) is 0 Å². The quantitative estimate of drug-likeness (QED) is 0.552. The predicted octanol–water partition coefficient (Wildman–Crippen LogP) is 4.74. The third kappa shape index (κ3) is 5.23. The Morgan fingerprint density at radius 2 is 2.07 bits per heavy atom. The van der Waals surface area contributed by atoms with Gasteiger partial charge >= 0.3 is 0 Å². The fraction of sp³-hybridized carbons (Fsp3) is 0.409. The van der Waals surface area contributed by atoms with E-state index < -0.39 is 0 Å². The molecule has 0 radical (unpaired) electrons. The maximum absolute atomic E-state index is 12.4. The zero-order valence-corrected chi connectivity index (χ0v) is 17.3. The Bertz CT molecular complexity index is 944. The third-order valence-electron chi connectivity index (χ3n) is 5.55. The minimum Gasteiger partial charge on any atom is -0.397 e. The first-order valence-corrected chi connectivity index (χ1v) is 11.2. The molecule has 0 atom stereocenters. The molecular formula is C22H27N5OS. The molecule has 6 nitrogen and oxygen atoms in total. The number of rotatable bonds is 7. The number of carbonyl (C=O) groups is 1. The number of nitrogens with two attached hydrogens (primary N) is 1. The Hall–Kier alpha value is -2.67. The summed E-state index contributed by atoms with van der Waals surface area (Å²) in [5.41, 5.74) is 10.3. The molecule has 2 aromatic heterocycles. The van der Waals surface area contributed by atoms with E-state index in [1.54, 1.807) is 11.3 Å². The standard InChI is InChI=1S/C22H27N5OS/c23-20-8-6-17(18-10-11-29-15-18)12-21(20)24-22(28)9-7-19-14-27(26-25-19)13-16-4-2-1-3-5-16/h6,8,10-12,14-16H,1-5,7,9,13,23H2,(H,24,28). The lowest BCUT2D eigenvalue weighted by Crippen LogP contribution is -2.14. The number of benzene rings is 1. The topological polar surface area (TPSA) is 85.8 Å². The van der Waals surface area contributed by atoms with Gasteiger partial charge in [-0.05, 0) is 58.8 Å². The average molecular weight is 410 g/mol. The minimum atomic E-state index is -0.0685. The number of anilines is 2. The molecule has 3 N–H and O–H groups in total. The van der Waals surface area contributed by atoms with Gasteiger partial charge in [0.2, 0.25) is 5.91 Å². The van der Waals surface area contributed by atoms with Crippen molar-refractivity contribution < 1.29 is 4.79 Å². The number of nitrogens with one attached hydrogen (secondary N) is 1. The summed E-state index contributed by atoms with van der Waals surface area (Å²) < 4.78 is 1.94. The van der Waals surface area contributed by atoms with Crippen LogP contribution >= 0.6 is 11.3 Å². The summed E-state index contributed by atoms with van der Waals surface area (Å²) >= 11 is 1.64. The van der Waals surface area contributed by atoms with E-state index in [0.29, 0.717) is 30.1 Å². The van der Waals surface area contributed by atoms with Crippen LogP contribution in [0.3, 0.4) is 0 Å². The largest absolute Gasteiger partial charge is 0.397 e. The molecule has 1 aromatic carbocycles. The molecule has 2 heterocycles. The minimum absolute atomic E-state index is 0.0685. The van der Waals surface area contributed by atoms with Gasteiger partial charge in [0.15, 0.2) is 0 Å². The second kappa shape index (κ2) is 9.22. The molecule has 7 heteroatoms. The number of carbonyl (C=O) groups excluding carboxylic acids is 1. The van der Waals surface area contributed by atoms with Crippen molar-refractivity contribution in [3.63, 3.8) is 0 Å². The first-order valence-electron chi connectivity index (χ1n) is 10.3. The predicted molar refractivity (Wildman–Crippen MR) is 118 cm³/mol. The lowest BCUT2D eigenvalue weighted by atomic mass is 9.89. The second-order valence-electron chi connectivity index (χ2n) is 7.80. The second-order valence-corrected chi connectivity index (χ2v) is 8.58. The Labute approximate surface area is 175 Å². The molecule has 0 unspecified atom stereocenters. The van der Waals surface area contributed by atoms with Crippen molar-refractivity contribution in [1.29, 1.82) is 0 Å². The molecule has 1 fully saturated rings. The van der Waals surface area contributed by atoms with Crippen LogP contribution in [0.5, 0.6) is 0 Å². The van der Waals surface area contributed by atoms with Crippen LogP contribution < -0.4 is 11.1 Å². The van der Waals surface area contributed by atoms with Crippen molar-refractivity contribution in [1.82, 2.24) is 15.0 Å². The molecule has 0 saturated heterocycles. The number of amides is 1. The zero-order valence-electron chi connectivity index (χ0n) is 16.5. The van der Waals surface area contributed by atoms with Crippen LogP contribution in [-0.4, -0.2) is 20.9 Å². The highest BCUT2D eigenvalue weighted by Gasteiger charge is 2.15. The molecule has 152 valence electrons. The maximum atomic E-state index is 12.4. The highest BCUT2D eigenvalue weighted by Crippen LogP contribution is 2.29. The third-order valence-corrected chi connectivity index (χ3v) is 6.23. The average Bonchev–Trinajstić information content (AvgIpc) is 3.41. The fourth-order valence-corrected chi connectivity index (χ4v) is 4.57. The molecule has 1 saturated carbocycles. The SMILES string of the molecule is Nc1ccc(-c2ccsc2)cc1NC(=O)CCc1cn(CC2CCCCC2)nn1. The van der Waals surface area contributed by atoms with Crippen LogP contribution in [0, 0.1) is 5.92 Å². The number of nitrogens with zero attached hydrogens (tertiary/aromatic N) is 3. The smallest absolute Gasteiger partial charge is 0.224 e. The highest BCUT2D eigenvalue weighted by molar-refractivity contribution is 7.08. The molecule has 4 rings (SSSR count). The van der Waals surface area contributed by atoms with E-state index in [0.717, 1.165) is 23.4 Å². The normalized spacial score (nSPS) is 14.8. The molecule has 1 amide bonds. The monoisotopic (exact) mass is 409 g/mol. The fourth-order valence-electron chi connectivity index (χ4n) is 3.90. The van der Waals surface area contributed by atoms with E-state index >= 15 is 0 Å². The van der Waals surface area contributed by atoms with E-state index in [4.69, 9.17) is 5.73 Å². The Kier molecular flexibility index (Phi) is 6.24. The van der Waals surface area contributed by atoms with E-state index in [2.05, 4.69) is 27.1 Å². The van der Waals surface area contributed by atoms with E-state index in [9.17, 15) is 4.79 Å². The number of aryl methyl sites for hydroxylation is 1. The van der Waals surface area contributed by atoms with Gasteiger partial charge in [-0.25, -0.2) is 0 Å². The molecule has 0 spiro atoms. The summed E-state index contributed by atoms with van der Waals surface area (Å²) in [7, 11) is 0. The van der Waals surface area contributed by atoms with Crippen molar-refractivity contribution >= 4 is 28.6 Å². The van der Waals surface area contributed by atoms with Gasteiger partial charge in [0.1, 0.15) is 0 Å². The van der Waals surface area contributed by atoms with Gasteiger partial charge in [0, 0.05) is 25.6 Å². The van der Waals surface area contributed by atoms with Gasteiger partial charge in [-0.3, -0.25) is 9.48 Å².